The summed E-state index contributed by atoms with van der Waals surface area (Å²) < 4.78 is 1.47. The fraction of sp³-hybridized carbons (Fsp3) is 0.200. The largest absolute Gasteiger partial charge is 0.257 e. The summed E-state index contributed by atoms with van der Waals surface area (Å²) in [7, 11) is 0. The number of aromatic nitrogens is 2. The molecular formula is C5H4ClN3. The molecule has 0 bridgehead atoms. The van der Waals surface area contributed by atoms with Crippen LogP contribution in [0.15, 0.2) is 12.4 Å². The van der Waals surface area contributed by atoms with Crippen LogP contribution in [-0.2, 0) is 6.54 Å². The van der Waals surface area contributed by atoms with E-state index in [4.69, 9.17) is 16.9 Å². The normalized spacial score (nSPS) is 8.89. The number of rotatable bonds is 1. The smallest absolute Gasteiger partial charge is 0.128 e. The first-order valence-electron chi connectivity index (χ1n) is 2.38. The van der Waals surface area contributed by atoms with Crippen LogP contribution in [0, 0.1) is 11.3 Å². The molecule has 0 spiro atoms. The van der Waals surface area contributed by atoms with Gasteiger partial charge in [0.25, 0.3) is 0 Å². The Kier molecular flexibility index (Phi) is 1.71. The van der Waals surface area contributed by atoms with Crippen molar-refractivity contribution >= 4 is 11.6 Å². The summed E-state index contributed by atoms with van der Waals surface area (Å²) in [5.41, 5.74) is 0. The molecule has 0 saturated carbocycles. The first-order chi connectivity index (χ1) is 4.33. The molecule has 4 heteroatoms. The third-order valence-corrected chi connectivity index (χ3v) is 1.03. The molecule has 0 N–H and O–H groups in total. The second-order valence-corrected chi connectivity index (χ2v) is 1.95. The van der Waals surface area contributed by atoms with Gasteiger partial charge in [-0.15, -0.1) is 0 Å². The Hall–Kier alpha value is -1.01. The maximum Gasteiger partial charge on any atom is 0.128 e. The van der Waals surface area contributed by atoms with Gasteiger partial charge in [0.1, 0.15) is 6.54 Å². The summed E-state index contributed by atoms with van der Waals surface area (Å²) in [5, 5.41) is 12.5. The maximum absolute atomic E-state index is 8.18. The molecule has 0 unspecified atom stereocenters. The lowest BCUT2D eigenvalue weighted by Crippen LogP contribution is -1.93. The van der Waals surface area contributed by atoms with E-state index in [9.17, 15) is 0 Å². The Morgan fingerprint density at radius 3 is 3.11 bits per heavy atom. The Morgan fingerprint density at radius 2 is 2.67 bits per heavy atom. The summed E-state index contributed by atoms with van der Waals surface area (Å²) in [6, 6.07) is 1.94. The van der Waals surface area contributed by atoms with E-state index < -0.39 is 0 Å². The molecule has 0 aromatic carbocycles. The molecule has 1 aromatic rings. The highest BCUT2D eigenvalue weighted by Crippen LogP contribution is 2.03. The van der Waals surface area contributed by atoms with Gasteiger partial charge >= 0.3 is 0 Å². The predicted octanol–water partition coefficient (Wildman–Crippen LogP) is 1.06. The van der Waals surface area contributed by atoms with Crippen molar-refractivity contribution in [3.63, 3.8) is 0 Å². The summed E-state index contributed by atoms with van der Waals surface area (Å²) in [5.74, 6) is 0. The van der Waals surface area contributed by atoms with E-state index in [1.807, 2.05) is 6.07 Å². The number of hydrogen-bond acceptors (Lipinski definition) is 2. The first-order valence-corrected chi connectivity index (χ1v) is 2.75. The molecule has 0 aliphatic heterocycles. The molecule has 0 saturated heterocycles. The number of nitriles is 1. The Morgan fingerprint density at radius 1 is 1.89 bits per heavy atom. The molecule has 0 amide bonds. The van der Waals surface area contributed by atoms with Crippen LogP contribution in [0.25, 0.3) is 0 Å². The average molecular weight is 142 g/mol. The van der Waals surface area contributed by atoms with E-state index in [1.165, 1.54) is 10.9 Å². The molecule has 0 radical (unpaired) electrons. The van der Waals surface area contributed by atoms with Crippen LogP contribution in [0.5, 0.6) is 0 Å². The third-order valence-electron chi connectivity index (χ3n) is 0.834. The van der Waals surface area contributed by atoms with Crippen molar-refractivity contribution in [2.75, 3.05) is 0 Å². The molecule has 0 fully saturated rings. The average Bonchev–Trinajstić information content (AvgIpc) is 2.17. The Balaban J connectivity index is 2.76. The quantitative estimate of drug-likeness (QED) is 0.587. The van der Waals surface area contributed by atoms with Gasteiger partial charge in [0.15, 0.2) is 0 Å². The van der Waals surface area contributed by atoms with Crippen LogP contribution >= 0.6 is 11.6 Å². The monoisotopic (exact) mass is 141 g/mol. The fourth-order valence-electron chi connectivity index (χ4n) is 0.497. The van der Waals surface area contributed by atoms with Crippen molar-refractivity contribution in [1.29, 1.82) is 5.26 Å². The predicted molar refractivity (Wildman–Crippen MR) is 32.8 cm³/mol. The minimum absolute atomic E-state index is 0.257. The second kappa shape index (κ2) is 2.51. The van der Waals surface area contributed by atoms with Crippen molar-refractivity contribution < 1.29 is 0 Å². The van der Waals surface area contributed by atoms with Gasteiger partial charge in [-0.25, -0.2) is 0 Å². The number of halogens is 1. The van der Waals surface area contributed by atoms with E-state index in [-0.39, 0.29) is 6.54 Å². The standard InChI is InChI=1S/C5H4ClN3/c6-5-3-8-9(4-5)2-1-7/h3-4H,2H2. The number of nitrogens with zero attached hydrogens (tertiary/aromatic N) is 3. The molecule has 9 heavy (non-hydrogen) atoms. The van der Waals surface area contributed by atoms with E-state index in [0.29, 0.717) is 5.02 Å². The van der Waals surface area contributed by atoms with Gasteiger partial charge in [0.05, 0.1) is 17.3 Å². The highest BCUT2D eigenvalue weighted by molar-refractivity contribution is 6.30. The highest BCUT2D eigenvalue weighted by atomic mass is 35.5. The molecule has 46 valence electrons. The zero-order valence-corrected chi connectivity index (χ0v) is 5.34. The van der Waals surface area contributed by atoms with Crippen LogP contribution in [0.1, 0.15) is 0 Å². The highest BCUT2D eigenvalue weighted by Gasteiger charge is 1.90. The van der Waals surface area contributed by atoms with Crippen molar-refractivity contribution in [3.8, 4) is 6.07 Å². The molecule has 0 atom stereocenters. The molecular weight excluding hydrogens is 138 g/mol. The summed E-state index contributed by atoms with van der Waals surface area (Å²) in [6.45, 7) is 0.257. The van der Waals surface area contributed by atoms with Crippen LogP contribution in [0.4, 0.5) is 0 Å². The Labute approximate surface area is 57.5 Å². The lowest BCUT2D eigenvalue weighted by molar-refractivity contribution is 0.710. The lowest BCUT2D eigenvalue weighted by atomic mass is 10.7. The van der Waals surface area contributed by atoms with Crippen molar-refractivity contribution in [1.82, 2.24) is 9.78 Å². The maximum atomic E-state index is 8.18. The molecule has 1 heterocycles. The minimum atomic E-state index is 0.257. The fourth-order valence-corrected chi connectivity index (χ4v) is 0.654. The van der Waals surface area contributed by atoms with Gasteiger partial charge in [0.2, 0.25) is 0 Å². The minimum Gasteiger partial charge on any atom is -0.257 e. The van der Waals surface area contributed by atoms with E-state index in [2.05, 4.69) is 5.10 Å². The number of hydrogen-bond donors (Lipinski definition) is 0. The van der Waals surface area contributed by atoms with Gasteiger partial charge in [-0.1, -0.05) is 11.6 Å². The van der Waals surface area contributed by atoms with Crippen LogP contribution in [0.3, 0.4) is 0 Å². The van der Waals surface area contributed by atoms with Gasteiger partial charge in [-0.3, -0.25) is 4.68 Å². The third kappa shape index (κ3) is 1.44. The second-order valence-electron chi connectivity index (χ2n) is 1.51. The zero-order chi connectivity index (χ0) is 6.69. The van der Waals surface area contributed by atoms with Crippen LogP contribution in [0.2, 0.25) is 5.02 Å². The van der Waals surface area contributed by atoms with Crippen molar-refractivity contribution in [3.05, 3.63) is 17.4 Å². The van der Waals surface area contributed by atoms with Gasteiger partial charge in [0, 0.05) is 6.20 Å². The zero-order valence-electron chi connectivity index (χ0n) is 4.58. The topological polar surface area (TPSA) is 41.6 Å². The summed E-state index contributed by atoms with van der Waals surface area (Å²) in [4.78, 5) is 0. The molecule has 0 aliphatic carbocycles. The SMILES string of the molecule is N#CCn1cc(Cl)cn1. The lowest BCUT2D eigenvalue weighted by Gasteiger charge is -1.85. The molecule has 0 aliphatic rings. The van der Waals surface area contributed by atoms with E-state index in [1.54, 1.807) is 6.20 Å². The molecule has 3 nitrogen and oxygen atoms in total. The van der Waals surface area contributed by atoms with Crippen molar-refractivity contribution in [2.24, 2.45) is 0 Å². The van der Waals surface area contributed by atoms with E-state index >= 15 is 0 Å². The summed E-state index contributed by atoms with van der Waals surface area (Å²) >= 11 is 5.50. The van der Waals surface area contributed by atoms with E-state index in [0.717, 1.165) is 0 Å². The molecule has 1 rings (SSSR count). The summed E-state index contributed by atoms with van der Waals surface area (Å²) in [6.07, 6.45) is 3.10. The van der Waals surface area contributed by atoms with Gasteiger partial charge in [-0.2, -0.15) is 10.4 Å². The Bertz CT molecular complexity index is 235. The van der Waals surface area contributed by atoms with Crippen molar-refractivity contribution in [2.45, 2.75) is 6.54 Å². The van der Waals surface area contributed by atoms with Crippen LogP contribution in [-0.4, -0.2) is 9.78 Å². The molecule has 1 aromatic heterocycles. The first kappa shape index (κ1) is 6.12. The van der Waals surface area contributed by atoms with Gasteiger partial charge in [-0.05, 0) is 0 Å². The van der Waals surface area contributed by atoms with Crippen LogP contribution < -0.4 is 0 Å². The van der Waals surface area contributed by atoms with Gasteiger partial charge < -0.3 is 0 Å².